The smallest absolute Gasteiger partial charge is 0.248 e. The van der Waals surface area contributed by atoms with Gasteiger partial charge in [-0.25, -0.2) is 12.4 Å². The van der Waals surface area contributed by atoms with Crippen LogP contribution in [0, 0.1) is 11.3 Å². The van der Waals surface area contributed by atoms with Gasteiger partial charge in [-0.15, -0.1) is 0 Å². The fourth-order valence-corrected chi connectivity index (χ4v) is 5.38. The predicted molar refractivity (Wildman–Crippen MR) is 104 cm³/mol. The van der Waals surface area contributed by atoms with Crippen molar-refractivity contribution in [1.29, 1.82) is 5.26 Å². The van der Waals surface area contributed by atoms with Gasteiger partial charge in [0, 0.05) is 24.7 Å². The molecule has 1 aromatic carbocycles. The van der Waals surface area contributed by atoms with E-state index >= 15 is 0 Å². The number of nitrogens with one attached hydrogen (secondary N) is 1. The summed E-state index contributed by atoms with van der Waals surface area (Å²) in [5, 5.41) is 13.6. The van der Waals surface area contributed by atoms with Crippen molar-refractivity contribution in [2.75, 3.05) is 19.7 Å². The van der Waals surface area contributed by atoms with Crippen molar-refractivity contribution in [2.45, 2.75) is 24.2 Å². The number of nitriles is 1. The van der Waals surface area contributed by atoms with Crippen LogP contribution < -0.4 is 5.32 Å². The van der Waals surface area contributed by atoms with Gasteiger partial charge < -0.3 is 10.1 Å². The number of hydrogen-bond acceptors (Lipinski definition) is 5. The second kappa shape index (κ2) is 6.64. The molecule has 0 radical (unpaired) electrons. The van der Waals surface area contributed by atoms with Gasteiger partial charge in [-0.05, 0) is 31.0 Å². The molecule has 1 N–H and O–H groups in total. The highest BCUT2D eigenvalue weighted by molar-refractivity contribution is 7.91. The van der Waals surface area contributed by atoms with Gasteiger partial charge in [0.15, 0.2) is 0 Å². The topological polar surface area (TPSA) is 84.1 Å². The van der Waals surface area contributed by atoms with E-state index in [1.807, 2.05) is 18.2 Å². The summed E-state index contributed by atoms with van der Waals surface area (Å²) in [4.78, 5) is 0. The van der Waals surface area contributed by atoms with Crippen LogP contribution in [0.25, 0.3) is 10.9 Å². The SMILES string of the molecule is CC1(S(=O)(=O)n2ccc3c(C4CNCCO4)ccc(C#N)c32)C=CC=CC1. The number of rotatable bonds is 3. The fourth-order valence-electron chi connectivity index (χ4n) is 3.71. The molecule has 1 saturated heterocycles. The minimum Gasteiger partial charge on any atom is -0.371 e. The van der Waals surface area contributed by atoms with Crippen molar-refractivity contribution in [3.8, 4) is 6.07 Å². The predicted octanol–water partition coefficient (Wildman–Crippen LogP) is 2.63. The van der Waals surface area contributed by atoms with Gasteiger partial charge in [-0.3, -0.25) is 0 Å². The van der Waals surface area contributed by atoms with Crippen LogP contribution in [0.1, 0.15) is 30.6 Å². The Morgan fingerprint density at radius 1 is 1.33 bits per heavy atom. The first kappa shape index (κ1) is 18.0. The van der Waals surface area contributed by atoms with Crippen LogP contribution in [-0.4, -0.2) is 36.8 Å². The lowest BCUT2D eigenvalue weighted by atomic mass is 10.0. The summed E-state index contributed by atoms with van der Waals surface area (Å²) < 4.78 is 33.0. The molecule has 7 heteroatoms. The number of nitrogens with zero attached hydrogens (tertiary/aromatic N) is 2. The Morgan fingerprint density at radius 3 is 2.85 bits per heavy atom. The van der Waals surface area contributed by atoms with E-state index in [1.165, 1.54) is 3.97 Å². The molecule has 1 aromatic heterocycles. The molecule has 2 aliphatic rings. The Kier molecular flexibility index (Phi) is 4.42. The zero-order valence-corrected chi connectivity index (χ0v) is 15.9. The van der Waals surface area contributed by atoms with E-state index in [9.17, 15) is 13.7 Å². The van der Waals surface area contributed by atoms with Crippen LogP contribution in [0.2, 0.25) is 0 Å². The van der Waals surface area contributed by atoms with Crippen LogP contribution in [0.5, 0.6) is 0 Å². The lowest BCUT2D eigenvalue weighted by Crippen LogP contribution is -2.37. The minimum absolute atomic E-state index is 0.166. The molecular weight excluding hydrogens is 362 g/mol. The molecule has 1 fully saturated rings. The third-order valence-corrected chi connectivity index (χ3v) is 7.61. The number of allylic oxidation sites excluding steroid dienone is 3. The van der Waals surface area contributed by atoms with Crippen LogP contribution in [-0.2, 0) is 14.8 Å². The number of ether oxygens (including phenoxy) is 1. The molecule has 0 spiro atoms. The molecule has 140 valence electrons. The first-order chi connectivity index (χ1) is 13.0. The monoisotopic (exact) mass is 383 g/mol. The summed E-state index contributed by atoms with van der Waals surface area (Å²) >= 11 is 0. The molecule has 0 saturated carbocycles. The quantitative estimate of drug-likeness (QED) is 0.881. The Bertz CT molecular complexity index is 1090. The summed E-state index contributed by atoms with van der Waals surface area (Å²) in [7, 11) is -3.75. The maximum absolute atomic E-state index is 13.5. The normalized spacial score (nSPS) is 25.6. The van der Waals surface area contributed by atoms with Crippen molar-refractivity contribution in [2.24, 2.45) is 0 Å². The average Bonchev–Trinajstić information content (AvgIpc) is 3.14. The molecule has 0 amide bonds. The first-order valence-corrected chi connectivity index (χ1v) is 10.4. The van der Waals surface area contributed by atoms with E-state index in [0.717, 1.165) is 17.5 Å². The van der Waals surface area contributed by atoms with E-state index in [0.29, 0.717) is 30.7 Å². The molecular formula is C20H21N3O3S. The number of morpholine rings is 1. The average molecular weight is 383 g/mol. The molecule has 1 aliphatic heterocycles. The number of aromatic nitrogens is 1. The molecule has 2 aromatic rings. The number of hydrogen-bond donors (Lipinski definition) is 1. The molecule has 2 heterocycles. The summed E-state index contributed by atoms with van der Waals surface area (Å²) in [6.45, 7) is 3.76. The molecule has 4 rings (SSSR count). The third kappa shape index (κ3) is 2.81. The highest BCUT2D eigenvalue weighted by Gasteiger charge is 2.39. The van der Waals surface area contributed by atoms with Crippen molar-refractivity contribution >= 4 is 20.9 Å². The molecule has 0 bridgehead atoms. The van der Waals surface area contributed by atoms with E-state index < -0.39 is 14.8 Å². The van der Waals surface area contributed by atoms with E-state index in [-0.39, 0.29) is 6.10 Å². The van der Waals surface area contributed by atoms with Gasteiger partial charge in [-0.1, -0.05) is 30.4 Å². The van der Waals surface area contributed by atoms with Gasteiger partial charge in [0.2, 0.25) is 10.0 Å². The van der Waals surface area contributed by atoms with E-state index in [2.05, 4.69) is 11.4 Å². The molecule has 2 atom stereocenters. The van der Waals surface area contributed by atoms with Gasteiger partial charge in [0.05, 0.1) is 23.8 Å². The van der Waals surface area contributed by atoms with Crippen LogP contribution in [0.3, 0.4) is 0 Å². The number of benzene rings is 1. The first-order valence-electron chi connectivity index (χ1n) is 8.94. The molecule has 27 heavy (non-hydrogen) atoms. The number of fused-ring (bicyclic) bond motifs is 1. The summed E-state index contributed by atoms with van der Waals surface area (Å²) in [6.07, 6.45) is 8.93. The zero-order chi connectivity index (χ0) is 19.1. The van der Waals surface area contributed by atoms with Crippen LogP contribution in [0.4, 0.5) is 0 Å². The molecule has 6 nitrogen and oxygen atoms in total. The minimum atomic E-state index is -3.75. The van der Waals surface area contributed by atoms with E-state index in [4.69, 9.17) is 4.74 Å². The van der Waals surface area contributed by atoms with Gasteiger partial charge in [0.1, 0.15) is 10.8 Å². The van der Waals surface area contributed by atoms with Gasteiger partial charge in [-0.2, -0.15) is 5.26 Å². The third-order valence-electron chi connectivity index (χ3n) is 5.31. The summed E-state index contributed by atoms with van der Waals surface area (Å²) in [6, 6.07) is 7.45. The Hall–Kier alpha value is -2.40. The maximum Gasteiger partial charge on any atom is 0.248 e. The van der Waals surface area contributed by atoms with Gasteiger partial charge >= 0.3 is 0 Å². The second-order valence-corrected chi connectivity index (χ2v) is 9.34. The van der Waals surface area contributed by atoms with Crippen molar-refractivity contribution < 1.29 is 13.2 Å². The summed E-state index contributed by atoms with van der Waals surface area (Å²) in [5.74, 6) is 0. The van der Waals surface area contributed by atoms with Gasteiger partial charge in [0.25, 0.3) is 0 Å². The largest absolute Gasteiger partial charge is 0.371 e. The lowest BCUT2D eigenvalue weighted by Gasteiger charge is -2.28. The Morgan fingerprint density at radius 2 is 2.19 bits per heavy atom. The standard InChI is InChI=1S/C20H21N3O3S/c1-20(8-3-2-4-9-20)27(24,25)23-11-7-17-16(18-14-22-10-12-26-18)6-5-15(13-21)19(17)23/h2-8,11,18,22H,9-10,12,14H2,1H3. The van der Waals surface area contributed by atoms with Crippen molar-refractivity contribution in [3.05, 3.63) is 59.8 Å². The molecule has 2 unspecified atom stereocenters. The van der Waals surface area contributed by atoms with Crippen molar-refractivity contribution in [1.82, 2.24) is 9.29 Å². The van der Waals surface area contributed by atoms with Crippen LogP contribution >= 0.6 is 0 Å². The van der Waals surface area contributed by atoms with Crippen LogP contribution in [0.15, 0.2) is 48.7 Å². The zero-order valence-electron chi connectivity index (χ0n) is 15.1. The highest BCUT2D eigenvalue weighted by Crippen LogP contribution is 2.35. The lowest BCUT2D eigenvalue weighted by molar-refractivity contribution is 0.0286. The highest BCUT2D eigenvalue weighted by atomic mass is 32.2. The second-order valence-electron chi connectivity index (χ2n) is 7.06. The Labute approximate surface area is 158 Å². The van der Waals surface area contributed by atoms with Crippen molar-refractivity contribution in [3.63, 3.8) is 0 Å². The summed E-state index contributed by atoms with van der Waals surface area (Å²) in [5.41, 5.74) is 1.66. The molecule has 1 aliphatic carbocycles. The fraction of sp³-hybridized carbons (Fsp3) is 0.350. The van der Waals surface area contributed by atoms with E-state index in [1.54, 1.807) is 37.4 Å². The maximum atomic E-state index is 13.5. The Balaban J connectivity index is 1.91.